The summed E-state index contributed by atoms with van der Waals surface area (Å²) in [6.45, 7) is 1.66. The Hall–Kier alpha value is -1.11. The molecule has 0 aliphatic rings. The monoisotopic (exact) mass is 343 g/mol. The highest BCUT2D eigenvalue weighted by molar-refractivity contribution is 9.10. The molecule has 0 radical (unpaired) electrons. The third-order valence-corrected chi connectivity index (χ3v) is 4.24. The second kappa shape index (κ2) is 7.47. The Morgan fingerprint density at radius 1 is 1.47 bits per heavy atom. The van der Waals surface area contributed by atoms with Gasteiger partial charge in [0.15, 0.2) is 0 Å². The van der Waals surface area contributed by atoms with E-state index in [-0.39, 0.29) is 5.91 Å². The standard InChI is InChI=1S/C13H14BrNO3S/c14-11-4-8-19-12(11)13(16)15-5-2-6-17-9-10-3-1-7-18-10/h1,3-4,7-8H,2,5-6,9H2,(H,15,16). The number of hydrogen-bond acceptors (Lipinski definition) is 4. The molecule has 19 heavy (non-hydrogen) atoms. The number of ether oxygens (including phenoxy) is 1. The van der Waals surface area contributed by atoms with E-state index in [1.165, 1.54) is 11.3 Å². The van der Waals surface area contributed by atoms with E-state index in [2.05, 4.69) is 21.2 Å². The maximum atomic E-state index is 11.8. The van der Waals surface area contributed by atoms with Gasteiger partial charge in [-0.25, -0.2) is 0 Å². The van der Waals surface area contributed by atoms with Gasteiger partial charge in [-0.1, -0.05) is 0 Å². The van der Waals surface area contributed by atoms with Crippen LogP contribution < -0.4 is 5.32 Å². The number of carbonyl (C=O) groups excluding carboxylic acids is 1. The summed E-state index contributed by atoms with van der Waals surface area (Å²) in [5.41, 5.74) is 0. The molecule has 0 unspecified atom stereocenters. The summed E-state index contributed by atoms with van der Waals surface area (Å²) >= 11 is 4.76. The number of furan rings is 1. The van der Waals surface area contributed by atoms with Crippen molar-refractivity contribution in [2.24, 2.45) is 0 Å². The molecule has 0 aliphatic carbocycles. The summed E-state index contributed by atoms with van der Waals surface area (Å²) in [6.07, 6.45) is 2.40. The number of halogens is 1. The van der Waals surface area contributed by atoms with Gasteiger partial charge in [0.25, 0.3) is 5.91 Å². The molecule has 2 heterocycles. The Bertz CT molecular complexity index is 510. The Kier molecular flexibility index (Phi) is 5.62. The molecule has 1 N–H and O–H groups in total. The molecule has 0 bridgehead atoms. The molecule has 0 saturated heterocycles. The number of nitrogens with one attached hydrogen (secondary N) is 1. The zero-order valence-corrected chi connectivity index (χ0v) is 12.6. The lowest BCUT2D eigenvalue weighted by Gasteiger charge is -2.04. The predicted molar refractivity (Wildman–Crippen MR) is 77.3 cm³/mol. The molecular formula is C13H14BrNO3S. The van der Waals surface area contributed by atoms with Crippen molar-refractivity contribution in [3.8, 4) is 0 Å². The van der Waals surface area contributed by atoms with Gasteiger partial charge in [0, 0.05) is 17.6 Å². The van der Waals surface area contributed by atoms with E-state index in [0.717, 1.165) is 16.7 Å². The van der Waals surface area contributed by atoms with Gasteiger partial charge in [0.2, 0.25) is 0 Å². The number of amides is 1. The van der Waals surface area contributed by atoms with Crippen LogP contribution in [0.5, 0.6) is 0 Å². The topological polar surface area (TPSA) is 51.5 Å². The van der Waals surface area contributed by atoms with Gasteiger partial charge in [0.05, 0.1) is 6.26 Å². The van der Waals surface area contributed by atoms with Crippen molar-refractivity contribution in [3.63, 3.8) is 0 Å². The summed E-state index contributed by atoms with van der Waals surface area (Å²) < 4.78 is 11.4. The highest BCUT2D eigenvalue weighted by Crippen LogP contribution is 2.22. The van der Waals surface area contributed by atoms with Crippen LogP contribution in [0.2, 0.25) is 0 Å². The molecule has 2 aromatic rings. The van der Waals surface area contributed by atoms with Crippen LogP contribution in [-0.2, 0) is 11.3 Å². The van der Waals surface area contributed by atoms with Crippen LogP contribution in [0.3, 0.4) is 0 Å². The van der Waals surface area contributed by atoms with Gasteiger partial charge in [0.1, 0.15) is 17.2 Å². The minimum Gasteiger partial charge on any atom is -0.467 e. The SMILES string of the molecule is O=C(NCCCOCc1ccco1)c1sccc1Br. The molecule has 2 rings (SSSR count). The lowest BCUT2D eigenvalue weighted by molar-refractivity contribution is 0.0919. The third kappa shape index (κ3) is 4.49. The minimum atomic E-state index is -0.0482. The van der Waals surface area contributed by atoms with E-state index in [4.69, 9.17) is 9.15 Å². The largest absolute Gasteiger partial charge is 0.467 e. The molecule has 0 saturated carbocycles. The second-order valence-electron chi connectivity index (χ2n) is 3.84. The van der Waals surface area contributed by atoms with Gasteiger partial charge in [-0.05, 0) is 45.9 Å². The zero-order valence-electron chi connectivity index (χ0n) is 10.2. The highest BCUT2D eigenvalue weighted by Gasteiger charge is 2.10. The van der Waals surface area contributed by atoms with Crippen LogP contribution >= 0.6 is 27.3 Å². The Morgan fingerprint density at radius 2 is 2.37 bits per heavy atom. The predicted octanol–water partition coefficient (Wildman–Crippen LogP) is 3.44. The van der Waals surface area contributed by atoms with E-state index < -0.39 is 0 Å². The van der Waals surface area contributed by atoms with Crippen LogP contribution in [0, 0.1) is 0 Å². The number of rotatable bonds is 7. The molecule has 0 aliphatic heterocycles. The summed E-state index contributed by atoms with van der Waals surface area (Å²) in [5, 5.41) is 4.74. The van der Waals surface area contributed by atoms with Crippen molar-refractivity contribution in [2.45, 2.75) is 13.0 Å². The third-order valence-electron chi connectivity index (χ3n) is 2.40. The molecule has 4 nitrogen and oxygen atoms in total. The fourth-order valence-electron chi connectivity index (χ4n) is 1.48. The lowest BCUT2D eigenvalue weighted by Crippen LogP contribution is -2.24. The lowest BCUT2D eigenvalue weighted by atomic mass is 10.4. The summed E-state index contributed by atoms with van der Waals surface area (Å²) in [6, 6.07) is 5.57. The first-order chi connectivity index (χ1) is 9.27. The number of thiophene rings is 1. The van der Waals surface area contributed by atoms with Crippen LogP contribution in [0.25, 0.3) is 0 Å². The molecule has 0 aromatic carbocycles. The quantitative estimate of drug-likeness (QED) is 0.783. The van der Waals surface area contributed by atoms with E-state index in [0.29, 0.717) is 24.6 Å². The highest BCUT2D eigenvalue weighted by atomic mass is 79.9. The Morgan fingerprint density at radius 3 is 3.05 bits per heavy atom. The van der Waals surface area contributed by atoms with Crippen molar-refractivity contribution in [3.05, 3.63) is 45.0 Å². The maximum absolute atomic E-state index is 11.8. The molecule has 6 heteroatoms. The van der Waals surface area contributed by atoms with Crippen LogP contribution in [0.1, 0.15) is 21.9 Å². The smallest absolute Gasteiger partial charge is 0.262 e. The Balaban J connectivity index is 1.57. The fourth-order valence-corrected chi connectivity index (χ4v) is 2.95. The van der Waals surface area contributed by atoms with Crippen molar-refractivity contribution in [2.75, 3.05) is 13.2 Å². The first kappa shape index (κ1) is 14.3. The average Bonchev–Trinajstić information content (AvgIpc) is 3.04. The maximum Gasteiger partial charge on any atom is 0.262 e. The van der Waals surface area contributed by atoms with E-state index in [1.54, 1.807) is 6.26 Å². The number of hydrogen-bond donors (Lipinski definition) is 1. The van der Waals surface area contributed by atoms with Gasteiger partial charge in [-0.2, -0.15) is 0 Å². The summed E-state index contributed by atoms with van der Waals surface area (Å²) in [5.74, 6) is 0.763. The van der Waals surface area contributed by atoms with E-state index in [1.807, 2.05) is 23.6 Å². The van der Waals surface area contributed by atoms with Gasteiger partial charge >= 0.3 is 0 Å². The first-order valence-electron chi connectivity index (χ1n) is 5.88. The van der Waals surface area contributed by atoms with E-state index in [9.17, 15) is 4.79 Å². The van der Waals surface area contributed by atoms with Gasteiger partial charge < -0.3 is 14.5 Å². The van der Waals surface area contributed by atoms with E-state index >= 15 is 0 Å². The van der Waals surface area contributed by atoms with Crippen molar-refractivity contribution < 1.29 is 13.9 Å². The molecule has 0 fully saturated rings. The molecular weight excluding hydrogens is 330 g/mol. The minimum absolute atomic E-state index is 0.0482. The molecule has 2 aromatic heterocycles. The van der Waals surface area contributed by atoms with Gasteiger partial charge in [-0.15, -0.1) is 11.3 Å². The first-order valence-corrected chi connectivity index (χ1v) is 7.56. The Labute approximate surface area is 123 Å². The average molecular weight is 344 g/mol. The fraction of sp³-hybridized carbons (Fsp3) is 0.308. The van der Waals surface area contributed by atoms with Crippen LogP contribution in [0.15, 0.2) is 38.7 Å². The normalized spacial score (nSPS) is 10.6. The zero-order chi connectivity index (χ0) is 13.5. The molecule has 0 atom stereocenters. The van der Waals surface area contributed by atoms with Crippen molar-refractivity contribution in [1.29, 1.82) is 0 Å². The van der Waals surface area contributed by atoms with Gasteiger partial charge in [-0.3, -0.25) is 4.79 Å². The molecule has 0 spiro atoms. The van der Waals surface area contributed by atoms with Crippen molar-refractivity contribution >= 4 is 33.2 Å². The number of carbonyl (C=O) groups is 1. The van der Waals surface area contributed by atoms with Crippen molar-refractivity contribution in [1.82, 2.24) is 5.32 Å². The summed E-state index contributed by atoms with van der Waals surface area (Å²) in [4.78, 5) is 12.5. The van der Waals surface area contributed by atoms with Crippen LogP contribution in [-0.4, -0.2) is 19.1 Å². The summed E-state index contributed by atoms with van der Waals surface area (Å²) in [7, 11) is 0. The van der Waals surface area contributed by atoms with Crippen LogP contribution in [0.4, 0.5) is 0 Å². The molecule has 102 valence electrons. The second-order valence-corrected chi connectivity index (χ2v) is 5.61. The molecule has 1 amide bonds.